The van der Waals surface area contributed by atoms with Gasteiger partial charge in [0, 0.05) is 29.7 Å². The maximum Gasteiger partial charge on any atom is 0.279 e. The molecule has 0 atom stereocenters. The van der Waals surface area contributed by atoms with Gasteiger partial charge in [-0.3, -0.25) is 4.79 Å². The summed E-state index contributed by atoms with van der Waals surface area (Å²) in [6.45, 7) is 7.79. The molecule has 3 aromatic carbocycles. The molecule has 0 aliphatic heterocycles. The number of fused-ring (bicyclic) bond motifs is 1. The molecule has 0 amide bonds. The first-order valence-corrected chi connectivity index (χ1v) is 13.7. The maximum atomic E-state index is 13.4. The summed E-state index contributed by atoms with van der Waals surface area (Å²) in [6.07, 6.45) is 8.25. The fourth-order valence-electron chi connectivity index (χ4n) is 4.90. The van der Waals surface area contributed by atoms with Gasteiger partial charge in [0.2, 0.25) is 6.33 Å². The number of anilines is 1. The lowest BCUT2D eigenvalue weighted by atomic mass is 10.0. The lowest BCUT2D eigenvalue weighted by molar-refractivity contribution is -0.671. The largest absolute Gasteiger partial charge is 0.494 e. The Morgan fingerprint density at radius 1 is 0.897 bits per heavy atom. The second kappa shape index (κ2) is 12.0. The Bertz CT molecular complexity index is 1580. The number of unbranched alkanes of at least 4 members (excludes halogenated alkanes) is 1. The molecule has 39 heavy (non-hydrogen) atoms. The Hall–Kier alpha value is -4.39. The molecule has 0 saturated carbocycles. The van der Waals surface area contributed by atoms with Crippen LogP contribution in [0.25, 0.3) is 27.7 Å². The standard InChI is InChI=1S/C32H36N5O2/c1-4-36(5-2)26-14-16-27(17-15-26)37-32(38)30-11-7-6-10-29(30)31(33-37)25-12-18-28(19-13-25)39-23-9-8-20-35-22-21-34(3)24-35/h6-7,10-19,21-22,24H,4-5,8-9,20,23H2,1-3H3/q+1. The molecule has 0 unspecified atom stereocenters. The van der Waals surface area contributed by atoms with Crippen molar-refractivity contribution in [1.29, 1.82) is 0 Å². The average molecular weight is 523 g/mol. The van der Waals surface area contributed by atoms with E-state index in [4.69, 9.17) is 9.84 Å². The van der Waals surface area contributed by atoms with E-state index in [1.54, 1.807) is 0 Å². The third-order valence-corrected chi connectivity index (χ3v) is 7.06. The van der Waals surface area contributed by atoms with Gasteiger partial charge in [-0.2, -0.15) is 9.78 Å². The molecule has 0 spiro atoms. The van der Waals surface area contributed by atoms with Gasteiger partial charge in [0.1, 0.15) is 18.1 Å². The molecule has 5 rings (SSSR count). The van der Waals surface area contributed by atoms with E-state index < -0.39 is 0 Å². The molecule has 0 saturated heterocycles. The normalized spacial score (nSPS) is 11.2. The number of nitrogens with zero attached hydrogens (tertiary/aromatic N) is 5. The average Bonchev–Trinajstić information content (AvgIpc) is 3.39. The number of rotatable bonds is 11. The van der Waals surface area contributed by atoms with E-state index in [0.29, 0.717) is 12.0 Å². The van der Waals surface area contributed by atoms with Crippen LogP contribution in [0.4, 0.5) is 5.69 Å². The van der Waals surface area contributed by atoms with Crippen LogP contribution in [0.1, 0.15) is 26.7 Å². The van der Waals surface area contributed by atoms with Gasteiger partial charge in [0.15, 0.2) is 0 Å². The molecule has 7 nitrogen and oxygen atoms in total. The predicted molar refractivity (Wildman–Crippen MR) is 157 cm³/mol. The highest BCUT2D eigenvalue weighted by Gasteiger charge is 2.14. The molecule has 5 aromatic rings. The molecule has 0 N–H and O–H groups in total. The summed E-state index contributed by atoms with van der Waals surface area (Å²) >= 11 is 0. The van der Waals surface area contributed by atoms with Gasteiger partial charge in [-0.05, 0) is 81.3 Å². The summed E-state index contributed by atoms with van der Waals surface area (Å²) in [5.41, 5.74) is 3.46. The fourth-order valence-corrected chi connectivity index (χ4v) is 4.90. The first-order valence-electron chi connectivity index (χ1n) is 13.7. The van der Waals surface area contributed by atoms with E-state index >= 15 is 0 Å². The molecular formula is C32H36N5O2+. The van der Waals surface area contributed by atoms with Crippen LogP contribution in [-0.2, 0) is 13.6 Å². The zero-order valence-corrected chi connectivity index (χ0v) is 23.0. The highest BCUT2D eigenvalue weighted by molar-refractivity contribution is 5.94. The summed E-state index contributed by atoms with van der Waals surface area (Å²) < 4.78 is 11.7. The predicted octanol–water partition coefficient (Wildman–Crippen LogP) is 5.38. The number of hydrogen-bond donors (Lipinski definition) is 0. The van der Waals surface area contributed by atoms with E-state index in [0.717, 1.165) is 66.2 Å². The van der Waals surface area contributed by atoms with Crippen LogP contribution in [-0.4, -0.2) is 34.0 Å². The Morgan fingerprint density at radius 2 is 1.62 bits per heavy atom. The van der Waals surface area contributed by atoms with Crippen LogP contribution in [0.5, 0.6) is 5.75 Å². The Balaban J connectivity index is 1.35. The fraction of sp³-hybridized carbons (Fsp3) is 0.281. The highest BCUT2D eigenvalue weighted by Crippen LogP contribution is 2.27. The molecule has 2 heterocycles. The third kappa shape index (κ3) is 5.87. The van der Waals surface area contributed by atoms with Gasteiger partial charge < -0.3 is 9.64 Å². The van der Waals surface area contributed by atoms with Crippen LogP contribution in [0.3, 0.4) is 0 Å². The SMILES string of the molecule is CCN(CC)c1ccc(-n2nc(-c3ccc(OCCCCn4cc[n+](C)c4)cc3)c3ccccc3c2=O)cc1. The van der Waals surface area contributed by atoms with Gasteiger partial charge in [-0.1, -0.05) is 18.2 Å². The van der Waals surface area contributed by atoms with Crippen LogP contribution in [0.2, 0.25) is 0 Å². The molecule has 200 valence electrons. The van der Waals surface area contributed by atoms with Crippen LogP contribution < -0.4 is 19.8 Å². The second-order valence-corrected chi connectivity index (χ2v) is 9.70. The zero-order chi connectivity index (χ0) is 27.2. The number of aromatic nitrogens is 4. The van der Waals surface area contributed by atoms with Crippen molar-refractivity contribution in [1.82, 2.24) is 14.3 Å². The number of aryl methyl sites for hydroxylation is 2. The Labute approximate surface area is 229 Å². The quantitative estimate of drug-likeness (QED) is 0.173. The lowest BCUT2D eigenvalue weighted by Crippen LogP contribution is -2.23. The van der Waals surface area contributed by atoms with Crippen LogP contribution in [0.15, 0.2) is 96.3 Å². The van der Waals surface area contributed by atoms with E-state index in [1.165, 1.54) is 4.68 Å². The van der Waals surface area contributed by atoms with Gasteiger partial charge in [0.25, 0.3) is 5.56 Å². The van der Waals surface area contributed by atoms with Crippen molar-refractivity contribution < 1.29 is 9.30 Å². The number of ether oxygens (including phenoxy) is 1. The molecule has 2 aromatic heterocycles. The zero-order valence-electron chi connectivity index (χ0n) is 23.0. The van der Waals surface area contributed by atoms with Crippen molar-refractivity contribution in [3.05, 3.63) is 102 Å². The van der Waals surface area contributed by atoms with Gasteiger partial charge in [0.05, 0.1) is 37.0 Å². The minimum Gasteiger partial charge on any atom is -0.494 e. The summed E-state index contributed by atoms with van der Waals surface area (Å²) in [5, 5.41) is 6.33. The van der Waals surface area contributed by atoms with Crippen LogP contribution in [0, 0.1) is 0 Å². The van der Waals surface area contributed by atoms with Gasteiger partial charge in [-0.15, -0.1) is 0 Å². The molecule has 0 aliphatic rings. The smallest absolute Gasteiger partial charge is 0.279 e. The van der Waals surface area contributed by atoms with E-state index in [9.17, 15) is 4.79 Å². The topological polar surface area (TPSA) is 56.2 Å². The van der Waals surface area contributed by atoms with Crippen LogP contribution >= 0.6 is 0 Å². The van der Waals surface area contributed by atoms with E-state index in [-0.39, 0.29) is 5.56 Å². The van der Waals surface area contributed by atoms with Crippen molar-refractivity contribution in [3.8, 4) is 22.7 Å². The number of hydrogen-bond acceptors (Lipinski definition) is 4. The molecule has 0 aliphatic carbocycles. The lowest BCUT2D eigenvalue weighted by Gasteiger charge is -2.21. The molecule has 0 bridgehead atoms. The van der Waals surface area contributed by atoms with Crippen molar-refractivity contribution >= 4 is 16.5 Å². The Kier molecular flexibility index (Phi) is 8.06. The molecule has 0 radical (unpaired) electrons. The van der Waals surface area contributed by atoms with Gasteiger partial charge >= 0.3 is 0 Å². The van der Waals surface area contributed by atoms with Gasteiger partial charge in [-0.25, -0.2) is 9.13 Å². The van der Waals surface area contributed by atoms with E-state index in [1.807, 2.05) is 78.5 Å². The Morgan fingerprint density at radius 3 is 2.28 bits per heavy atom. The van der Waals surface area contributed by atoms with Crippen molar-refractivity contribution in [2.75, 3.05) is 24.6 Å². The first-order chi connectivity index (χ1) is 19.1. The minimum absolute atomic E-state index is 0.126. The summed E-state index contributed by atoms with van der Waals surface area (Å²) in [7, 11) is 2.03. The van der Waals surface area contributed by atoms with E-state index in [2.05, 4.69) is 48.0 Å². The van der Waals surface area contributed by atoms with Crippen molar-refractivity contribution in [2.45, 2.75) is 33.2 Å². The first kappa shape index (κ1) is 26.2. The molecule has 0 fully saturated rings. The molecular weight excluding hydrogens is 486 g/mol. The minimum atomic E-state index is -0.126. The third-order valence-electron chi connectivity index (χ3n) is 7.06. The second-order valence-electron chi connectivity index (χ2n) is 9.70. The summed E-state index contributed by atoms with van der Waals surface area (Å²) in [5.74, 6) is 0.829. The monoisotopic (exact) mass is 522 g/mol. The highest BCUT2D eigenvalue weighted by atomic mass is 16.5. The maximum absolute atomic E-state index is 13.4. The molecule has 7 heteroatoms. The summed E-state index contributed by atoms with van der Waals surface area (Å²) in [4.78, 5) is 15.7. The van der Waals surface area contributed by atoms with Crippen molar-refractivity contribution in [3.63, 3.8) is 0 Å². The number of benzene rings is 3. The summed E-state index contributed by atoms with van der Waals surface area (Å²) in [6, 6.07) is 23.7. The number of imidazole rings is 1. The van der Waals surface area contributed by atoms with Crippen molar-refractivity contribution in [2.24, 2.45) is 7.05 Å².